The lowest BCUT2D eigenvalue weighted by molar-refractivity contribution is -0.143. The molecule has 2 heterocycles. The predicted molar refractivity (Wildman–Crippen MR) is 74.0 cm³/mol. The summed E-state index contributed by atoms with van der Waals surface area (Å²) in [7, 11) is 0. The van der Waals surface area contributed by atoms with Crippen LogP contribution in [0, 0.1) is 0 Å². The number of esters is 1. The zero-order valence-corrected chi connectivity index (χ0v) is 10.9. The maximum absolute atomic E-state index is 12.3. The Bertz CT molecular complexity index is 725. The van der Waals surface area contributed by atoms with Gasteiger partial charge in [-0.25, -0.2) is 4.98 Å². The van der Waals surface area contributed by atoms with Crippen molar-refractivity contribution in [2.24, 2.45) is 0 Å². The minimum Gasteiger partial charge on any atom is -0.466 e. The number of ether oxygens (including phenoxy) is 1. The molecule has 0 bridgehead atoms. The van der Waals surface area contributed by atoms with Crippen LogP contribution in [0.4, 0.5) is 5.95 Å². The molecule has 1 atom stereocenters. The summed E-state index contributed by atoms with van der Waals surface area (Å²) in [5.41, 5.74) is 3.34. The van der Waals surface area contributed by atoms with E-state index < -0.39 is 6.17 Å². The molecule has 0 saturated heterocycles. The number of para-hydroxylation sites is 1. The van der Waals surface area contributed by atoms with Crippen LogP contribution in [0.15, 0.2) is 29.1 Å². The van der Waals surface area contributed by atoms with Gasteiger partial charge in [-0.2, -0.15) is 4.68 Å². The van der Waals surface area contributed by atoms with Gasteiger partial charge >= 0.3 is 5.97 Å². The summed E-state index contributed by atoms with van der Waals surface area (Å²) in [5.74, 6) is 0.0749. The number of fused-ring (bicyclic) bond motifs is 2. The summed E-state index contributed by atoms with van der Waals surface area (Å²) in [6.07, 6.45) is -0.279. The Labute approximate surface area is 114 Å². The maximum Gasteiger partial charge on any atom is 0.309 e. The quantitative estimate of drug-likeness (QED) is 0.799. The van der Waals surface area contributed by atoms with E-state index in [1.54, 1.807) is 25.1 Å². The molecule has 1 aromatic carbocycles. The van der Waals surface area contributed by atoms with E-state index in [2.05, 4.69) is 15.7 Å². The van der Waals surface area contributed by atoms with Crippen molar-refractivity contribution >= 4 is 22.8 Å². The Kier molecular flexibility index (Phi) is 3.02. The molecule has 20 heavy (non-hydrogen) atoms. The third-order valence-electron chi connectivity index (χ3n) is 3.04. The molecule has 0 saturated carbocycles. The SMILES string of the molecule is CCOC(=O)CC1Nc2nc3ccccc3c(=O)n2N1. The number of hydrogen-bond donors (Lipinski definition) is 2. The molecule has 1 unspecified atom stereocenters. The van der Waals surface area contributed by atoms with E-state index in [9.17, 15) is 9.59 Å². The van der Waals surface area contributed by atoms with E-state index in [0.29, 0.717) is 23.5 Å². The molecule has 0 aliphatic carbocycles. The first kappa shape index (κ1) is 12.5. The number of carbonyl (C=O) groups excluding carboxylic acids is 1. The second kappa shape index (κ2) is 4.84. The molecule has 3 rings (SSSR count). The van der Waals surface area contributed by atoms with Crippen molar-refractivity contribution in [3.05, 3.63) is 34.6 Å². The van der Waals surface area contributed by atoms with Gasteiger partial charge in [0, 0.05) is 0 Å². The lowest BCUT2D eigenvalue weighted by Crippen LogP contribution is -2.33. The first-order valence-electron chi connectivity index (χ1n) is 6.39. The summed E-state index contributed by atoms with van der Waals surface area (Å²) >= 11 is 0. The van der Waals surface area contributed by atoms with Crippen molar-refractivity contribution in [1.82, 2.24) is 9.66 Å². The standard InChI is InChI=1S/C13H14N4O3/c1-2-20-11(18)7-10-15-13-14-9-6-4-3-5-8(9)12(19)17(13)16-10/h3-6,10,16H,2,7H2,1H3,(H,14,15). The molecule has 1 aromatic heterocycles. The molecule has 0 radical (unpaired) electrons. The molecule has 104 valence electrons. The van der Waals surface area contributed by atoms with Crippen LogP contribution in [0.5, 0.6) is 0 Å². The summed E-state index contributed by atoms with van der Waals surface area (Å²) in [6.45, 7) is 2.08. The van der Waals surface area contributed by atoms with Crippen molar-refractivity contribution in [2.45, 2.75) is 19.5 Å². The Morgan fingerprint density at radius 2 is 2.25 bits per heavy atom. The zero-order valence-electron chi connectivity index (χ0n) is 10.9. The van der Waals surface area contributed by atoms with Crippen LogP contribution in [-0.2, 0) is 9.53 Å². The van der Waals surface area contributed by atoms with E-state index in [1.165, 1.54) is 4.68 Å². The van der Waals surface area contributed by atoms with Crippen LogP contribution in [-0.4, -0.2) is 28.4 Å². The first-order valence-corrected chi connectivity index (χ1v) is 6.39. The first-order chi connectivity index (χ1) is 9.69. The van der Waals surface area contributed by atoms with Crippen LogP contribution in [0.2, 0.25) is 0 Å². The number of rotatable bonds is 3. The van der Waals surface area contributed by atoms with E-state index in [-0.39, 0.29) is 17.9 Å². The molecule has 0 fully saturated rings. The molecule has 2 N–H and O–H groups in total. The van der Waals surface area contributed by atoms with Crippen molar-refractivity contribution in [3.63, 3.8) is 0 Å². The fourth-order valence-corrected chi connectivity index (χ4v) is 2.18. The smallest absolute Gasteiger partial charge is 0.309 e. The Morgan fingerprint density at radius 1 is 1.45 bits per heavy atom. The van der Waals surface area contributed by atoms with E-state index in [4.69, 9.17) is 4.74 Å². The summed E-state index contributed by atoms with van der Waals surface area (Å²) in [5, 5.41) is 3.53. The summed E-state index contributed by atoms with van der Waals surface area (Å²) in [4.78, 5) is 28.1. The molecule has 1 aliphatic heterocycles. The number of nitrogens with one attached hydrogen (secondary N) is 2. The number of carbonyl (C=O) groups is 1. The van der Waals surface area contributed by atoms with Gasteiger partial charge in [-0.15, -0.1) is 0 Å². The summed E-state index contributed by atoms with van der Waals surface area (Å²) < 4.78 is 6.21. The highest BCUT2D eigenvalue weighted by Crippen LogP contribution is 2.16. The van der Waals surface area contributed by atoms with Gasteiger partial charge in [0.15, 0.2) is 0 Å². The second-order valence-corrected chi connectivity index (χ2v) is 4.43. The maximum atomic E-state index is 12.3. The minimum atomic E-state index is -0.397. The largest absolute Gasteiger partial charge is 0.466 e. The van der Waals surface area contributed by atoms with Crippen LogP contribution in [0.1, 0.15) is 13.3 Å². The van der Waals surface area contributed by atoms with Crippen molar-refractivity contribution < 1.29 is 9.53 Å². The second-order valence-electron chi connectivity index (χ2n) is 4.43. The van der Waals surface area contributed by atoms with Crippen LogP contribution >= 0.6 is 0 Å². The van der Waals surface area contributed by atoms with Crippen LogP contribution in [0.25, 0.3) is 10.9 Å². The molecular weight excluding hydrogens is 260 g/mol. The highest BCUT2D eigenvalue weighted by Gasteiger charge is 2.25. The monoisotopic (exact) mass is 274 g/mol. The molecular formula is C13H14N4O3. The Balaban J connectivity index is 1.90. The predicted octanol–water partition coefficient (Wildman–Crippen LogP) is 0.645. The molecule has 7 nitrogen and oxygen atoms in total. The zero-order chi connectivity index (χ0) is 14.1. The molecule has 2 aromatic rings. The lowest BCUT2D eigenvalue weighted by Gasteiger charge is -2.09. The average Bonchev–Trinajstić information content (AvgIpc) is 2.82. The normalized spacial score (nSPS) is 16.4. The Hall–Kier alpha value is -2.57. The van der Waals surface area contributed by atoms with Crippen LogP contribution in [0.3, 0.4) is 0 Å². The third-order valence-corrected chi connectivity index (χ3v) is 3.04. The number of hydrogen-bond acceptors (Lipinski definition) is 6. The van der Waals surface area contributed by atoms with Gasteiger partial charge in [-0.1, -0.05) is 12.1 Å². The van der Waals surface area contributed by atoms with Crippen molar-refractivity contribution in [1.29, 1.82) is 0 Å². The van der Waals surface area contributed by atoms with Crippen LogP contribution < -0.4 is 16.3 Å². The topological polar surface area (TPSA) is 85.2 Å². The summed E-state index contributed by atoms with van der Waals surface area (Å²) in [6, 6.07) is 7.11. The molecule has 1 aliphatic rings. The average molecular weight is 274 g/mol. The van der Waals surface area contributed by atoms with Crippen molar-refractivity contribution in [2.75, 3.05) is 17.3 Å². The number of aromatic nitrogens is 2. The van der Waals surface area contributed by atoms with Gasteiger partial charge in [-0.3, -0.25) is 15.0 Å². The fraction of sp³-hybridized carbons (Fsp3) is 0.308. The lowest BCUT2D eigenvalue weighted by atomic mass is 10.2. The number of benzene rings is 1. The number of anilines is 1. The Morgan fingerprint density at radius 3 is 3.05 bits per heavy atom. The highest BCUT2D eigenvalue weighted by atomic mass is 16.5. The fourth-order valence-electron chi connectivity index (χ4n) is 2.18. The van der Waals surface area contributed by atoms with Gasteiger partial charge in [0.2, 0.25) is 5.95 Å². The highest BCUT2D eigenvalue weighted by molar-refractivity contribution is 5.79. The molecule has 7 heteroatoms. The van der Waals surface area contributed by atoms with Crippen molar-refractivity contribution in [3.8, 4) is 0 Å². The van der Waals surface area contributed by atoms with Gasteiger partial charge in [0.05, 0.1) is 23.9 Å². The number of nitrogens with zero attached hydrogens (tertiary/aromatic N) is 2. The van der Waals surface area contributed by atoms with Gasteiger partial charge < -0.3 is 10.1 Å². The van der Waals surface area contributed by atoms with E-state index >= 15 is 0 Å². The van der Waals surface area contributed by atoms with E-state index in [1.807, 2.05) is 6.07 Å². The van der Waals surface area contributed by atoms with Gasteiger partial charge in [-0.05, 0) is 19.1 Å². The molecule has 0 amide bonds. The van der Waals surface area contributed by atoms with Gasteiger partial charge in [0.25, 0.3) is 5.56 Å². The minimum absolute atomic E-state index is 0.118. The third kappa shape index (κ3) is 2.07. The van der Waals surface area contributed by atoms with E-state index in [0.717, 1.165) is 0 Å². The van der Waals surface area contributed by atoms with Gasteiger partial charge in [0.1, 0.15) is 6.17 Å². The molecule has 0 spiro atoms.